The van der Waals surface area contributed by atoms with Gasteiger partial charge in [0, 0.05) is 18.9 Å². The van der Waals surface area contributed by atoms with Crippen molar-refractivity contribution in [2.75, 3.05) is 14.2 Å². The molecule has 0 radical (unpaired) electrons. The van der Waals surface area contributed by atoms with Gasteiger partial charge >= 0.3 is 0 Å². The molecule has 4 rings (SSSR count). The van der Waals surface area contributed by atoms with Crippen molar-refractivity contribution in [3.05, 3.63) is 41.2 Å². The Kier molecular flexibility index (Phi) is 5.92. The summed E-state index contributed by atoms with van der Waals surface area (Å²) in [5.74, 6) is 2.46. The Balaban J connectivity index is 1.42. The standard InChI is InChI=1S/C22H27N5O4/c1-13(2)31-22-10-8-20-25-24-19(27(20)26-22)7-9-21(28)23-16-6-5-14-11-17(29-3)18(30-4)12-15(14)16/h8,10-13,16H,5-7,9H2,1-4H3,(H,23,28)/t16-/m1/s1. The highest BCUT2D eigenvalue weighted by Crippen LogP contribution is 2.39. The van der Waals surface area contributed by atoms with E-state index in [1.54, 1.807) is 30.9 Å². The van der Waals surface area contributed by atoms with E-state index in [1.165, 1.54) is 5.56 Å². The average Bonchev–Trinajstić information content (AvgIpc) is 3.34. The highest BCUT2D eigenvalue weighted by atomic mass is 16.5. The van der Waals surface area contributed by atoms with Crippen molar-refractivity contribution < 1.29 is 19.0 Å². The fraction of sp³-hybridized carbons (Fsp3) is 0.455. The smallest absolute Gasteiger partial charge is 0.232 e. The molecule has 0 bridgehead atoms. The number of ether oxygens (including phenoxy) is 3. The van der Waals surface area contributed by atoms with Crippen molar-refractivity contribution in [2.24, 2.45) is 0 Å². The van der Waals surface area contributed by atoms with Crippen molar-refractivity contribution >= 4 is 11.6 Å². The Morgan fingerprint density at radius 3 is 2.71 bits per heavy atom. The molecule has 1 aromatic carbocycles. The van der Waals surface area contributed by atoms with Crippen LogP contribution in [0.1, 0.15) is 49.7 Å². The lowest BCUT2D eigenvalue weighted by molar-refractivity contribution is -0.121. The number of nitrogens with one attached hydrogen (secondary N) is 1. The number of nitrogens with zero attached hydrogens (tertiary/aromatic N) is 4. The van der Waals surface area contributed by atoms with Crippen molar-refractivity contribution in [3.63, 3.8) is 0 Å². The normalized spacial score (nSPS) is 15.2. The predicted octanol–water partition coefficient (Wildman–Crippen LogP) is 2.67. The number of fused-ring (bicyclic) bond motifs is 2. The number of carbonyl (C=O) groups excluding carboxylic acids is 1. The van der Waals surface area contributed by atoms with Crippen LogP contribution in [0, 0.1) is 0 Å². The van der Waals surface area contributed by atoms with Crippen LogP contribution in [0.4, 0.5) is 0 Å². The van der Waals surface area contributed by atoms with E-state index in [2.05, 4.69) is 20.6 Å². The van der Waals surface area contributed by atoms with Gasteiger partial charge in [0.2, 0.25) is 11.8 Å². The van der Waals surface area contributed by atoms with Gasteiger partial charge in [-0.1, -0.05) is 0 Å². The van der Waals surface area contributed by atoms with Gasteiger partial charge in [-0.3, -0.25) is 4.79 Å². The number of carbonyl (C=O) groups is 1. The van der Waals surface area contributed by atoms with E-state index in [-0.39, 0.29) is 24.5 Å². The van der Waals surface area contributed by atoms with Gasteiger partial charge in [0.25, 0.3) is 0 Å². The van der Waals surface area contributed by atoms with E-state index in [9.17, 15) is 4.79 Å². The van der Waals surface area contributed by atoms with E-state index in [1.807, 2.05) is 26.0 Å². The highest BCUT2D eigenvalue weighted by molar-refractivity contribution is 5.77. The zero-order chi connectivity index (χ0) is 22.0. The molecule has 2 aromatic heterocycles. The minimum absolute atomic E-state index is 0.0172. The van der Waals surface area contributed by atoms with Crippen LogP contribution in [-0.2, 0) is 17.6 Å². The van der Waals surface area contributed by atoms with Crippen LogP contribution in [0.3, 0.4) is 0 Å². The van der Waals surface area contributed by atoms with Crippen LogP contribution in [0.15, 0.2) is 24.3 Å². The van der Waals surface area contributed by atoms with Gasteiger partial charge in [0.1, 0.15) is 0 Å². The molecule has 0 saturated heterocycles. The molecule has 0 aliphatic heterocycles. The Hall–Kier alpha value is -3.36. The highest BCUT2D eigenvalue weighted by Gasteiger charge is 2.26. The van der Waals surface area contributed by atoms with E-state index in [4.69, 9.17) is 14.2 Å². The molecule has 1 N–H and O–H groups in total. The summed E-state index contributed by atoms with van der Waals surface area (Å²) in [6, 6.07) is 7.48. The van der Waals surface area contributed by atoms with E-state index in [0.29, 0.717) is 35.3 Å². The third kappa shape index (κ3) is 4.40. The maximum atomic E-state index is 12.7. The van der Waals surface area contributed by atoms with E-state index in [0.717, 1.165) is 18.4 Å². The minimum Gasteiger partial charge on any atom is -0.493 e. The van der Waals surface area contributed by atoms with Crippen molar-refractivity contribution in [1.82, 2.24) is 25.1 Å². The van der Waals surface area contributed by atoms with Gasteiger partial charge in [-0.25, -0.2) is 0 Å². The van der Waals surface area contributed by atoms with Crippen LogP contribution in [0.5, 0.6) is 17.4 Å². The summed E-state index contributed by atoms with van der Waals surface area (Å²) in [4.78, 5) is 12.7. The molecule has 1 aliphatic rings. The summed E-state index contributed by atoms with van der Waals surface area (Å²) in [6.07, 6.45) is 2.47. The van der Waals surface area contributed by atoms with Gasteiger partial charge in [-0.2, -0.15) is 4.52 Å². The molecular weight excluding hydrogens is 398 g/mol. The van der Waals surface area contributed by atoms with Crippen molar-refractivity contribution in [3.8, 4) is 17.4 Å². The summed E-state index contributed by atoms with van der Waals surface area (Å²) < 4.78 is 18.1. The van der Waals surface area contributed by atoms with Crippen molar-refractivity contribution in [2.45, 2.75) is 51.7 Å². The second-order valence-corrected chi connectivity index (χ2v) is 7.79. The van der Waals surface area contributed by atoms with Crippen LogP contribution >= 0.6 is 0 Å². The first-order valence-corrected chi connectivity index (χ1v) is 10.4. The fourth-order valence-corrected chi connectivity index (χ4v) is 3.85. The van der Waals surface area contributed by atoms with E-state index >= 15 is 0 Å². The lowest BCUT2D eigenvalue weighted by Gasteiger charge is -2.16. The summed E-state index contributed by atoms with van der Waals surface area (Å²) in [6.45, 7) is 3.88. The molecule has 31 heavy (non-hydrogen) atoms. The number of benzene rings is 1. The van der Waals surface area contributed by atoms with Gasteiger partial charge in [0.05, 0.1) is 26.4 Å². The molecule has 1 amide bonds. The second kappa shape index (κ2) is 8.79. The van der Waals surface area contributed by atoms with Crippen molar-refractivity contribution in [1.29, 1.82) is 0 Å². The molecule has 0 fully saturated rings. The monoisotopic (exact) mass is 425 g/mol. The first-order chi connectivity index (χ1) is 15.0. The Labute approximate surface area is 180 Å². The molecule has 1 aliphatic carbocycles. The predicted molar refractivity (Wildman–Crippen MR) is 114 cm³/mol. The molecule has 9 heteroatoms. The number of aryl methyl sites for hydroxylation is 2. The molecule has 164 valence electrons. The molecule has 2 heterocycles. The number of hydrogen-bond donors (Lipinski definition) is 1. The molecule has 3 aromatic rings. The second-order valence-electron chi connectivity index (χ2n) is 7.79. The Bertz CT molecular complexity index is 1090. The number of methoxy groups -OCH3 is 2. The Morgan fingerprint density at radius 2 is 1.97 bits per heavy atom. The maximum absolute atomic E-state index is 12.7. The fourth-order valence-electron chi connectivity index (χ4n) is 3.85. The van der Waals surface area contributed by atoms with Gasteiger partial charge in [0.15, 0.2) is 23.0 Å². The molecule has 9 nitrogen and oxygen atoms in total. The number of aromatic nitrogens is 4. The average molecular weight is 425 g/mol. The zero-order valence-electron chi connectivity index (χ0n) is 18.2. The first-order valence-electron chi connectivity index (χ1n) is 10.4. The van der Waals surface area contributed by atoms with Crippen LogP contribution in [0.2, 0.25) is 0 Å². The SMILES string of the molecule is COc1cc2c(cc1OC)[C@H](NC(=O)CCc1nnc3ccc(OC(C)C)nn13)CC2. The molecule has 0 spiro atoms. The lowest BCUT2D eigenvalue weighted by Crippen LogP contribution is -2.27. The van der Waals surface area contributed by atoms with E-state index < -0.39 is 0 Å². The van der Waals surface area contributed by atoms with Gasteiger partial charge in [-0.15, -0.1) is 15.3 Å². The number of rotatable bonds is 8. The van der Waals surface area contributed by atoms with Gasteiger partial charge < -0.3 is 19.5 Å². The zero-order valence-corrected chi connectivity index (χ0v) is 18.2. The molecule has 0 saturated carbocycles. The summed E-state index contributed by atoms with van der Waals surface area (Å²) in [7, 11) is 3.24. The lowest BCUT2D eigenvalue weighted by atomic mass is 10.1. The minimum atomic E-state index is -0.0426. The summed E-state index contributed by atoms with van der Waals surface area (Å²) in [5.41, 5.74) is 2.88. The summed E-state index contributed by atoms with van der Waals surface area (Å²) >= 11 is 0. The Morgan fingerprint density at radius 1 is 1.19 bits per heavy atom. The third-order valence-electron chi connectivity index (χ3n) is 5.29. The van der Waals surface area contributed by atoms with Crippen LogP contribution in [-0.4, -0.2) is 46.0 Å². The maximum Gasteiger partial charge on any atom is 0.232 e. The van der Waals surface area contributed by atoms with Gasteiger partial charge in [-0.05, 0) is 56.0 Å². The summed E-state index contributed by atoms with van der Waals surface area (Å²) in [5, 5.41) is 15.9. The van der Waals surface area contributed by atoms with Crippen LogP contribution < -0.4 is 19.5 Å². The topological polar surface area (TPSA) is 99.9 Å². The molecular formula is C22H27N5O4. The molecule has 0 unspecified atom stereocenters. The van der Waals surface area contributed by atoms with Crippen LogP contribution in [0.25, 0.3) is 5.65 Å². The number of hydrogen-bond acceptors (Lipinski definition) is 7. The largest absolute Gasteiger partial charge is 0.493 e. The quantitative estimate of drug-likeness (QED) is 0.592. The molecule has 1 atom stereocenters. The first kappa shape index (κ1) is 20.9. The third-order valence-corrected chi connectivity index (χ3v) is 5.29. The number of amides is 1.